The van der Waals surface area contributed by atoms with E-state index in [4.69, 9.17) is 10.3 Å². The highest BCUT2D eigenvalue weighted by molar-refractivity contribution is 5.76. The number of hydrogen-bond donors (Lipinski definition) is 2. The molecule has 0 aliphatic heterocycles. The first-order chi connectivity index (χ1) is 8.11. The van der Waals surface area contributed by atoms with Gasteiger partial charge in [0.15, 0.2) is 5.58 Å². The number of nitrogens with two attached hydrogens (primary N) is 1. The van der Waals surface area contributed by atoms with Crippen LogP contribution in [0.5, 0.6) is 0 Å². The summed E-state index contributed by atoms with van der Waals surface area (Å²) in [4.78, 5) is 22.3. The van der Waals surface area contributed by atoms with E-state index in [0.29, 0.717) is 18.4 Å². The zero-order valence-corrected chi connectivity index (χ0v) is 9.40. The Morgan fingerprint density at radius 3 is 3.00 bits per heavy atom. The normalized spacial score (nSPS) is 10.7. The first-order valence-electron chi connectivity index (χ1n) is 5.19. The number of hydrogen-bond acceptors (Lipinski definition) is 4. The van der Waals surface area contributed by atoms with Gasteiger partial charge in [0.1, 0.15) is 0 Å². The van der Waals surface area contributed by atoms with E-state index in [2.05, 4.69) is 5.43 Å². The molecule has 2 aromatic rings. The van der Waals surface area contributed by atoms with E-state index in [1.807, 2.05) is 6.07 Å². The van der Waals surface area contributed by atoms with E-state index in [1.165, 1.54) is 4.57 Å². The number of amides is 1. The van der Waals surface area contributed by atoms with Gasteiger partial charge in [-0.2, -0.15) is 0 Å². The molecule has 1 amide bonds. The molecule has 1 aromatic carbocycles. The number of nitrogens with one attached hydrogen (secondary N) is 1. The second-order valence-corrected chi connectivity index (χ2v) is 3.80. The Hall–Kier alpha value is -2.08. The lowest BCUT2D eigenvalue weighted by Gasteiger charge is -2.00. The smallest absolute Gasteiger partial charge is 0.408 e. The summed E-state index contributed by atoms with van der Waals surface area (Å²) >= 11 is 0. The Bertz CT molecular complexity index is 612. The van der Waals surface area contributed by atoms with Crippen molar-refractivity contribution in [3.63, 3.8) is 0 Å². The second kappa shape index (κ2) is 4.42. The van der Waals surface area contributed by atoms with E-state index >= 15 is 0 Å². The van der Waals surface area contributed by atoms with Gasteiger partial charge in [-0.05, 0) is 24.1 Å². The van der Waals surface area contributed by atoms with Crippen LogP contribution >= 0.6 is 0 Å². The molecule has 0 bridgehead atoms. The number of benzene rings is 1. The molecule has 0 aliphatic rings. The van der Waals surface area contributed by atoms with Gasteiger partial charge in [0.2, 0.25) is 5.91 Å². The summed E-state index contributed by atoms with van der Waals surface area (Å²) in [5, 5.41) is 0. The Morgan fingerprint density at radius 1 is 1.53 bits per heavy atom. The zero-order chi connectivity index (χ0) is 12.4. The quantitative estimate of drug-likeness (QED) is 0.447. The molecule has 1 aromatic heterocycles. The molecule has 0 saturated carbocycles. The van der Waals surface area contributed by atoms with Gasteiger partial charge in [0.25, 0.3) is 0 Å². The topological polar surface area (TPSA) is 90.3 Å². The maximum Gasteiger partial charge on any atom is 0.419 e. The third-order valence-corrected chi connectivity index (χ3v) is 2.66. The van der Waals surface area contributed by atoms with Crippen LogP contribution in [0.15, 0.2) is 27.4 Å². The average Bonchev–Trinajstić information content (AvgIpc) is 2.62. The van der Waals surface area contributed by atoms with E-state index < -0.39 is 5.76 Å². The highest BCUT2D eigenvalue weighted by Crippen LogP contribution is 2.15. The fraction of sp³-hybridized carbons (Fsp3) is 0.273. The van der Waals surface area contributed by atoms with Crippen molar-refractivity contribution in [2.45, 2.75) is 12.8 Å². The van der Waals surface area contributed by atoms with Crippen molar-refractivity contribution in [3.05, 3.63) is 34.3 Å². The van der Waals surface area contributed by atoms with Crippen LogP contribution in [-0.2, 0) is 18.3 Å². The fourth-order valence-corrected chi connectivity index (χ4v) is 1.66. The number of aryl methyl sites for hydroxylation is 2. The third-order valence-electron chi connectivity index (χ3n) is 2.66. The van der Waals surface area contributed by atoms with E-state index in [9.17, 15) is 9.59 Å². The van der Waals surface area contributed by atoms with Crippen LogP contribution in [-0.4, -0.2) is 10.5 Å². The maximum atomic E-state index is 11.3. The number of nitrogens with zero attached hydrogens (tertiary/aromatic N) is 1. The maximum absolute atomic E-state index is 11.3. The lowest BCUT2D eigenvalue weighted by Crippen LogP contribution is -2.30. The van der Waals surface area contributed by atoms with Crippen LogP contribution < -0.4 is 17.0 Å². The molecule has 3 N–H and O–H groups in total. The predicted octanol–water partition coefficient (Wildman–Crippen LogP) is 0.0540. The van der Waals surface area contributed by atoms with Crippen molar-refractivity contribution in [2.75, 3.05) is 0 Å². The molecular formula is C11H13N3O3. The lowest BCUT2D eigenvalue weighted by molar-refractivity contribution is -0.121. The number of fused-ring (bicyclic) bond motifs is 1. The molecule has 6 nitrogen and oxygen atoms in total. The van der Waals surface area contributed by atoms with Crippen molar-refractivity contribution < 1.29 is 9.21 Å². The van der Waals surface area contributed by atoms with Crippen LogP contribution in [0.25, 0.3) is 11.1 Å². The number of carbonyl (C=O) groups excluding carboxylic acids is 1. The van der Waals surface area contributed by atoms with Gasteiger partial charge in [0.05, 0.1) is 5.52 Å². The fourth-order valence-electron chi connectivity index (χ4n) is 1.66. The van der Waals surface area contributed by atoms with Gasteiger partial charge in [-0.15, -0.1) is 0 Å². The minimum Gasteiger partial charge on any atom is -0.408 e. The molecule has 0 saturated heterocycles. The molecule has 0 unspecified atom stereocenters. The third kappa shape index (κ3) is 2.21. The van der Waals surface area contributed by atoms with Crippen LogP contribution in [0.4, 0.5) is 0 Å². The molecule has 2 rings (SSSR count). The number of carbonyl (C=O) groups is 1. The van der Waals surface area contributed by atoms with Crippen LogP contribution in [0, 0.1) is 0 Å². The molecule has 0 atom stereocenters. The van der Waals surface area contributed by atoms with Gasteiger partial charge in [-0.25, -0.2) is 10.6 Å². The van der Waals surface area contributed by atoms with Crippen molar-refractivity contribution in [1.29, 1.82) is 0 Å². The molecule has 0 spiro atoms. The molecule has 90 valence electrons. The highest BCUT2D eigenvalue weighted by Gasteiger charge is 2.07. The monoisotopic (exact) mass is 235 g/mol. The molecule has 0 aliphatic carbocycles. The summed E-state index contributed by atoms with van der Waals surface area (Å²) in [6.45, 7) is 0. The first kappa shape index (κ1) is 11.4. The van der Waals surface area contributed by atoms with Crippen molar-refractivity contribution in [3.8, 4) is 0 Å². The Balaban J connectivity index is 2.26. The molecule has 1 heterocycles. The minimum absolute atomic E-state index is 0.223. The zero-order valence-electron chi connectivity index (χ0n) is 9.40. The van der Waals surface area contributed by atoms with Gasteiger partial charge in [-0.3, -0.25) is 14.8 Å². The van der Waals surface area contributed by atoms with Crippen molar-refractivity contribution in [2.24, 2.45) is 12.9 Å². The molecule has 0 radical (unpaired) electrons. The number of rotatable bonds is 3. The van der Waals surface area contributed by atoms with E-state index in [-0.39, 0.29) is 5.91 Å². The van der Waals surface area contributed by atoms with Crippen molar-refractivity contribution >= 4 is 17.0 Å². The van der Waals surface area contributed by atoms with Crippen LogP contribution in [0.2, 0.25) is 0 Å². The second-order valence-electron chi connectivity index (χ2n) is 3.80. The minimum atomic E-state index is -0.392. The summed E-state index contributed by atoms with van der Waals surface area (Å²) in [5.41, 5.74) is 4.26. The standard InChI is InChI=1S/C11H13N3O3/c1-14-8-4-2-7(3-5-10(15)13-12)6-9(8)17-11(14)16/h2,4,6H,3,5,12H2,1H3,(H,13,15). The van der Waals surface area contributed by atoms with Gasteiger partial charge in [-0.1, -0.05) is 6.07 Å². The largest absolute Gasteiger partial charge is 0.419 e. The summed E-state index contributed by atoms with van der Waals surface area (Å²) in [6, 6.07) is 5.43. The van der Waals surface area contributed by atoms with Gasteiger partial charge < -0.3 is 4.42 Å². The summed E-state index contributed by atoms with van der Waals surface area (Å²) < 4.78 is 6.49. The van der Waals surface area contributed by atoms with Gasteiger partial charge in [0, 0.05) is 13.5 Å². The molecular weight excluding hydrogens is 222 g/mol. The van der Waals surface area contributed by atoms with Crippen LogP contribution in [0.1, 0.15) is 12.0 Å². The van der Waals surface area contributed by atoms with Crippen LogP contribution in [0.3, 0.4) is 0 Å². The van der Waals surface area contributed by atoms with E-state index in [1.54, 1.807) is 19.2 Å². The van der Waals surface area contributed by atoms with Gasteiger partial charge >= 0.3 is 5.76 Å². The Kier molecular flexibility index (Phi) is 2.97. The number of hydrazine groups is 1. The molecule has 6 heteroatoms. The summed E-state index contributed by atoms with van der Waals surface area (Å²) in [6.07, 6.45) is 0.858. The lowest BCUT2D eigenvalue weighted by atomic mass is 10.1. The van der Waals surface area contributed by atoms with E-state index in [0.717, 1.165) is 11.1 Å². The number of aromatic nitrogens is 1. The Labute approximate surface area is 97.0 Å². The molecule has 17 heavy (non-hydrogen) atoms. The SMILES string of the molecule is Cn1c(=O)oc2cc(CCC(=O)NN)ccc21. The Morgan fingerprint density at radius 2 is 2.29 bits per heavy atom. The average molecular weight is 235 g/mol. The predicted molar refractivity (Wildman–Crippen MR) is 62.1 cm³/mol. The summed E-state index contributed by atoms with van der Waals surface area (Å²) in [7, 11) is 1.65. The molecule has 0 fully saturated rings. The number of oxazole rings is 1. The van der Waals surface area contributed by atoms with Crippen molar-refractivity contribution in [1.82, 2.24) is 9.99 Å². The first-order valence-corrected chi connectivity index (χ1v) is 5.19. The summed E-state index contributed by atoms with van der Waals surface area (Å²) in [5.74, 6) is 4.37. The highest BCUT2D eigenvalue weighted by atomic mass is 16.4.